The molecule has 0 atom stereocenters. The molecule has 1 N–H and O–H groups in total. The summed E-state index contributed by atoms with van der Waals surface area (Å²) in [5.74, 6) is 1.45. The lowest BCUT2D eigenvalue weighted by atomic mass is 10.1. The average Bonchev–Trinajstić information content (AvgIpc) is 3.31. The van der Waals surface area contributed by atoms with Gasteiger partial charge in [-0.1, -0.05) is 0 Å². The highest BCUT2D eigenvalue weighted by molar-refractivity contribution is 7.09. The monoisotopic (exact) mass is 382 g/mol. The van der Waals surface area contributed by atoms with Crippen molar-refractivity contribution < 1.29 is 13.9 Å². The third kappa shape index (κ3) is 3.43. The predicted octanol–water partition coefficient (Wildman–Crippen LogP) is 4.07. The van der Waals surface area contributed by atoms with Gasteiger partial charge in [0.25, 0.3) is 5.91 Å². The molecule has 3 aromatic heterocycles. The van der Waals surface area contributed by atoms with Crippen molar-refractivity contribution in [3.63, 3.8) is 0 Å². The summed E-state index contributed by atoms with van der Waals surface area (Å²) < 4.78 is 13.3. The van der Waals surface area contributed by atoms with E-state index in [4.69, 9.17) is 9.15 Å². The first-order valence-electron chi connectivity index (χ1n) is 8.37. The Morgan fingerprint density at radius 2 is 2.19 bits per heavy atom. The lowest BCUT2D eigenvalue weighted by Crippen LogP contribution is -2.13. The van der Waals surface area contributed by atoms with Crippen molar-refractivity contribution in [3.05, 3.63) is 57.9 Å². The fourth-order valence-electron chi connectivity index (χ4n) is 2.85. The van der Waals surface area contributed by atoms with Crippen molar-refractivity contribution in [1.29, 1.82) is 0 Å². The maximum absolute atomic E-state index is 12.8. The van der Waals surface area contributed by atoms with Crippen LogP contribution in [0.4, 0.5) is 5.82 Å². The molecule has 0 aliphatic rings. The topological polar surface area (TPSA) is 82.2 Å². The first-order chi connectivity index (χ1) is 13.0. The summed E-state index contributed by atoms with van der Waals surface area (Å²) in [6.45, 7) is 4.17. The van der Waals surface area contributed by atoms with Crippen molar-refractivity contribution in [2.45, 2.75) is 20.5 Å². The zero-order chi connectivity index (χ0) is 19.0. The lowest BCUT2D eigenvalue weighted by Gasteiger charge is -2.06. The number of ether oxygens (including phenoxy) is 1. The Kier molecular flexibility index (Phi) is 4.41. The Labute approximate surface area is 159 Å². The van der Waals surface area contributed by atoms with Crippen LogP contribution in [0.25, 0.3) is 11.0 Å². The zero-order valence-electron chi connectivity index (χ0n) is 15.1. The Balaban J connectivity index is 1.61. The molecule has 1 amide bonds. The smallest absolute Gasteiger partial charge is 0.261 e. The number of rotatable bonds is 5. The molecule has 4 rings (SSSR count). The van der Waals surface area contributed by atoms with Gasteiger partial charge < -0.3 is 14.5 Å². The maximum atomic E-state index is 12.8. The van der Waals surface area contributed by atoms with Crippen molar-refractivity contribution in [2.24, 2.45) is 7.05 Å². The third-order valence-corrected chi connectivity index (χ3v) is 5.14. The predicted molar refractivity (Wildman–Crippen MR) is 103 cm³/mol. The summed E-state index contributed by atoms with van der Waals surface area (Å²) in [6.07, 6.45) is 1.77. The van der Waals surface area contributed by atoms with Crippen LogP contribution in [-0.2, 0) is 13.7 Å². The van der Waals surface area contributed by atoms with Gasteiger partial charge in [-0.2, -0.15) is 5.10 Å². The average molecular weight is 382 g/mol. The molecular formula is C19H18N4O3S. The molecule has 0 fully saturated rings. The van der Waals surface area contributed by atoms with Crippen molar-refractivity contribution in [3.8, 4) is 5.75 Å². The van der Waals surface area contributed by atoms with Crippen LogP contribution in [0.15, 0.2) is 40.4 Å². The number of anilines is 1. The number of nitrogens with zero attached hydrogens (tertiary/aromatic N) is 3. The number of hydrogen-bond acceptors (Lipinski definition) is 6. The number of fused-ring (bicyclic) bond motifs is 1. The first-order valence-corrected chi connectivity index (χ1v) is 9.25. The molecule has 0 unspecified atom stereocenters. The number of carbonyl (C=O) groups is 1. The number of hydrogen-bond donors (Lipinski definition) is 1. The normalized spacial score (nSPS) is 11.1. The molecule has 0 aliphatic heterocycles. The molecule has 138 valence electrons. The fraction of sp³-hybridized carbons (Fsp3) is 0.211. The molecule has 4 aromatic rings. The van der Waals surface area contributed by atoms with Crippen LogP contribution in [0.1, 0.15) is 26.7 Å². The fourth-order valence-corrected chi connectivity index (χ4v) is 3.53. The van der Waals surface area contributed by atoms with Crippen LogP contribution < -0.4 is 10.1 Å². The van der Waals surface area contributed by atoms with Crippen LogP contribution >= 0.6 is 11.3 Å². The molecule has 0 saturated heterocycles. The molecule has 0 radical (unpaired) electrons. The van der Waals surface area contributed by atoms with E-state index in [1.807, 2.05) is 25.1 Å². The molecular weight excluding hydrogens is 364 g/mol. The van der Waals surface area contributed by atoms with E-state index >= 15 is 0 Å². The number of nitrogens with one attached hydrogen (secondary N) is 1. The Morgan fingerprint density at radius 3 is 2.89 bits per heavy atom. The van der Waals surface area contributed by atoms with E-state index in [-0.39, 0.29) is 5.91 Å². The third-order valence-electron chi connectivity index (χ3n) is 4.23. The summed E-state index contributed by atoms with van der Waals surface area (Å²) in [5.41, 5.74) is 3.89. The van der Waals surface area contributed by atoms with Gasteiger partial charge in [-0.05, 0) is 32.0 Å². The highest BCUT2D eigenvalue weighted by atomic mass is 32.1. The van der Waals surface area contributed by atoms with E-state index in [9.17, 15) is 4.79 Å². The van der Waals surface area contributed by atoms with Gasteiger partial charge in [-0.3, -0.25) is 9.48 Å². The van der Waals surface area contributed by atoms with Gasteiger partial charge in [-0.25, -0.2) is 4.98 Å². The highest BCUT2D eigenvalue weighted by Crippen LogP contribution is 2.30. The highest BCUT2D eigenvalue weighted by Gasteiger charge is 2.19. The number of amides is 1. The molecule has 27 heavy (non-hydrogen) atoms. The van der Waals surface area contributed by atoms with E-state index in [2.05, 4.69) is 15.4 Å². The largest absolute Gasteiger partial charge is 0.488 e. The number of aryl methyl sites for hydroxylation is 3. The van der Waals surface area contributed by atoms with Gasteiger partial charge in [0.1, 0.15) is 23.7 Å². The molecule has 0 spiro atoms. The van der Waals surface area contributed by atoms with Gasteiger partial charge in [-0.15, -0.1) is 11.3 Å². The molecule has 0 saturated carbocycles. The Morgan fingerprint density at radius 1 is 1.33 bits per heavy atom. The number of benzene rings is 1. The number of furan rings is 1. The summed E-state index contributed by atoms with van der Waals surface area (Å²) in [6, 6.07) is 7.22. The van der Waals surface area contributed by atoms with E-state index < -0.39 is 0 Å². The van der Waals surface area contributed by atoms with Crippen LogP contribution in [-0.4, -0.2) is 20.7 Å². The quantitative estimate of drug-likeness (QED) is 0.563. The molecule has 7 nitrogen and oxygen atoms in total. The van der Waals surface area contributed by atoms with Gasteiger partial charge in [0.2, 0.25) is 0 Å². The van der Waals surface area contributed by atoms with E-state index in [0.29, 0.717) is 40.5 Å². The van der Waals surface area contributed by atoms with Crippen molar-refractivity contribution in [2.75, 3.05) is 5.32 Å². The molecule has 3 heterocycles. The molecule has 1 aromatic carbocycles. The standard InChI is InChI=1S/C19H18N4O3S/c1-11-16(27-10-20-11)9-25-13-4-5-15-14(8-13)18(12(2)26-15)19(24)21-17-6-7-23(3)22-17/h4-8,10H,9H2,1-3H3,(H,21,22,24). The minimum Gasteiger partial charge on any atom is -0.488 e. The second kappa shape index (κ2) is 6.88. The minimum atomic E-state index is -0.264. The molecule has 0 aliphatic carbocycles. The number of aromatic nitrogens is 3. The summed E-state index contributed by atoms with van der Waals surface area (Å²) in [5, 5.41) is 7.69. The Hall–Kier alpha value is -3.13. The number of carbonyl (C=O) groups excluding carboxylic acids is 1. The summed E-state index contributed by atoms with van der Waals surface area (Å²) in [4.78, 5) is 18.1. The zero-order valence-corrected chi connectivity index (χ0v) is 16.0. The summed E-state index contributed by atoms with van der Waals surface area (Å²) in [7, 11) is 1.79. The van der Waals surface area contributed by atoms with Crippen molar-refractivity contribution in [1.82, 2.24) is 14.8 Å². The van der Waals surface area contributed by atoms with Crippen LogP contribution in [0.3, 0.4) is 0 Å². The molecule has 0 bridgehead atoms. The summed E-state index contributed by atoms with van der Waals surface area (Å²) >= 11 is 1.56. The SMILES string of the molecule is Cc1ncsc1COc1ccc2oc(C)c(C(=O)Nc3ccn(C)n3)c2c1. The van der Waals surface area contributed by atoms with Gasteiger partial charge in [0, 0.05) is 24.7 Å². The van der Waals surface area contributed by atoms with Gasteiger partial charge in [0.15, 0.2) is 5.82 Å². The van der Waals surface area contributed by atoms with E-state index in [1.54, 1.807) is 47.8 Å². The second-order valence-electron chi connectivity index (χ2n) is 6.17. The molecule has 8 heteroatoms. The van der Waals surface area contributed by atoms with E-state index in [1.165, 1.54) is 0 Å². The Bertz CT molecular complexity index is 1130. The first kappa shape index (κ1) is 17.3. The van der Waals surface area contributed by atoms with Gasteiger partial charge in [0.05, 0.1) is 21.6 Å². The van der Waals surface area contributed by atoms with Crippen LogP contribution in [0, 0.1) is 13.8 Å². The second-order valence-corrected chi connectivity index (χ2v) is 7.11. The van der Waals surface area contributed by atoms with Crippen LogP contribution in [0.2, 0.25) is 0 Å². The lowest BCUT2D eigenvalue weighted by molar-refractivity contribution is 0.102. The van der Waals surface area contributed by atoms with Gasteiger partial charge >= 0.3 is 0 Å². The number of thiazole rings is 1. The maximum Gasteiger partial charge on any atom is 0.261 e. The van der Waals surface area contributed by atoms with E-state index in [0.717, 1.165) is 10.6 Å². The van der Waals surface area contributed by atoms with Crippen LogP contribution in [0.5, 0.6) is 5.75 Å². The minimum absolute atomic E-state index is 0.264. The van der Waals surface area contributed by atoms with Crippen molar-refractivity contribution >= 4 is 34.0 Å².